The Morgan fingerprint density at radius 2 is 1.03 bits per heavy atom. The predicted molar refractivity (Wildman–Crippen MR) is 133 cm³/mol. The molecular formula is C30H18O2. The number of carbonyl (C=O) groups is 2. The van der Waals surface area contributed by atoms with Crippen LogP contribution in [0.15, 0.2) is 97.1 Å². The van der Waals surface area contributed by atoms with Gasteiger partial charge in [0.1, 0.15) is 0 Å². The summed E-state index contributed by atoms with van der Waals surface area (Å²) in [5, 5.41) is 8.59. The van der Waals surface area contributed by atoms with Crippen molar-refractivity contribution in [3.05, 3.63) is 108 Å². The van der Waals surface area contributed by atoms with Crippen LogP contribution in [0.25, 0.3) is 54.2 Å². The van der Waals surface area contributed by atoms with Crippen molar-refractivity contribution < 1.29 is 9.59 Å². The third-order valence-corrected chi connectivity index (χ3v) is 6.34. The Bertz CT molecular complexity index is 1710. The van der Waals surface area contributed by atoms with Gasteiger partial charge in [0.25, 0.3) is 0 Å². The molecule has 0 amide bonds. The summed E-state index contributed by atoms with van der Waals surface area (Å²) >= 11 is 0. The van der Waals surface area contributed by atoms with Gasteiger partial charge in [-0.25, -0.2) is 0 Å². The summed E-state index contributed by atoms with van der Waals surface area (Å²) in [5.41, 5.74) is 2.62. The quantitative estimate of drug-likeness (QED) is 0.222. The molecule has 0 fully saturated rings. The lowest BCUT2D eigenvalue weighted by Crippen LogP contribution is -1.98. The van der Waals surface area contributed by atoms with Crippen molar-refractivity contribution in [2.75, 3.05) is 0 Å². The van der Waals surface area contributed by atoms with E-state index in [2.05, 4.69) is 54.6 Å². The number of fused-ring (bicyclic) bond motifs is 4. The lowest BCUT2D eigenvalue weighted by molar-refractivity contribution is 0.109. The molecule has 0 unspecified atom stereocenters. The summed E-state index contributed by atoms with van der Waals surface area (Å²) in [6.07, 6.45) is 1.59. The lowest BCUT2D eigenvalue weighted by atomic mass is 9.86. The normalized spacial score (nSPS) is 11.4. The zero-order chi connectivity index (χ0) is 21.7. The Hall–Kier alpha value is -4.30. The highest BCUT2D eigenvalue weighted by molar-refractivity contribution is 6.17. The van der Waals surface area contributed by atoms with E-state index in [-0.39, 0.29) is 0 Å². The lowest BCUT2D eigenvalue weighted by Gasteiger charge is -2.16. The molecule has 0 N–H and O–H groups in total. The van der Waals surface area contributed by atoms with E-state index < -0.39 is 0 Å². The Kier molecular flexibility index (Phi) is 4.12. The number of carbonyl (C=O) groups excluding carboxylic acids is 2. The van der Waals surface area contributed by atoms with E-state index in [1.54, 1.807) is 0 Å². The average molecular weight is 410 g/mol. The summed E-state index contributed by atoms with van der Waals surface area (Å²) in [4.78, 5) is 24.2. The third-order valence-electron chi connectivity index (χ3n) is 6.34. The molecular weight excluding hydrogens is 392 g/mol. The van der Waals surface area contributed by atoms with Crippen LogP contribution in [0.1, 0.15) is 20.7 Å². The van der Waals surface area contributed by atoms with Gasteiger partial charge < -0.3 is 0 Å². The van der Waals surface area contributed by atoms with Gasteiger partial charge >= 0.3 is 0 Å². The fourth-order valence-electron chi connectivity index (χ4n) is 4.83. The van der Waals surface area contributed by atoms with Gasteiger partial charge in [0.15, 0.2) is 12.6 Å². The molecule has 0 saturated heterocycles. The maximum atomic E-state index is 12.3. The fraction of sp³-hybridized carbons (Fsp3) is 0. The van der Waals surface area contributed by atoms with E-state index in [4.69, 9.17) is 0 Å². The summed E-state index contributed by atoms with van der Waals surface area (Å²) in [6.45, 7) is 0. The smallest absolute Gasteiger partial charge is 0.151 e. The molecule has 0 bridgehead atoms. The van der Waals surface area contributed by atoms with E-state index in [9.17, 15) is 9.59 Å². The van der Waals surface area contributed by atoms with Gasteiger partial charge in [0, 0.05) is 16.7 Å². The minimum Gasteiger partial charge on any atom is -0.298 e. The monoisotopic (exact) mass is 410 g/mol. The zero-order valence-electron chi connectivity index (χ0n) is 17.2. The highest BCUT2D eigenvalue weighted by Crippen LogP contribution is 2.40. The zero-order valence-corrected chi connectivity index (χ0v) is 17.2. The van der Waals surface area contributed by atoms with Gasteiger partial charge in [-0.1, -0.05) is 66.7 Å². The first-order valence-corrected chi connectivity index (χ1v) is 10.6. The van der Waals surface area contributed by atoms with Gasteiger partial charge in [-0.05, 0) is 79.0 Å². The van der Waals surface area contributed by atoms with Gasteiger partial charge in [0.05, 0.1) is 0 Å². The van der Waals surface area contributed by atoms with Crippen LogP contribution in [0, 0.1) is 0 Å². The average Bonchev–Trinajstić information content (AvgIpc) is 2.84. The SMILES string of the molecule is O=Cc1cc2cc3ccccc3cc2c(-c2cccc3cc4ccccc4cc23)c1C=O. The molecule has 6 aromatic carbocycles. The second-order valence-electron chi connectivity index (χ2n) is 8.14. The number of hydrogen-bond donors (Lipinski definition) is 0. The standard InChI is InChI=1S/C30H18O2/c31-17-25-14-24-13-20-7-2-4-9-22(20)16-28(24)30(29(25)18-32)26-11-5-10-23-12-19-6-1-3-8-21(19)15-27(23)26/h1-18H. The first-order chi connectivity index (χ1) is 15.8. The van der Waals surface area contributed by atoms with E-state index >= 15 is 0 Å². The van der Waals surface area contributed by atoms with E-state index in [0.717, 1.165) is 61.4 Å². The number of hydrogen-bond acceptors (Lipinski definition) is 2. The molecule has 0 heterocycles. The van der Waals surface area contributed by atoms with Crippen LogP contribution in [0.5, 0.6) is 0 Å². The second kappa shape index (κ2) is 7.14. The topological polar surface area (TPSA) is 34.1 Å². The van der Waals surface area contributed by atoms with Gasteiger partial charge in [-0.15, -0.1) is 0 Å². The molecule has 0 aliphatic rings. The molecule has 0 aliphatic carbocycles. The Labute approximate surface area is 184 Å². The molecule has 0 aliphatic heterocycles. The number of benzene rings is 6. The molecule has 2 nitrogen and oxygen atoms in total. The molecule has 6 aromatic rings. The molecule has 6 rings (SSSR count). The van der Waals surface area contributed by atoms with Crippen LogP contribution < -0.4 is 0 Å². The largest absolute Gasteiger partial charge is 0.298 e. The molecule has 2 heteroatoms. The summed E-state index contributed by atoms with van der Waals surface area (Å²) in [7, 11) is 0. The van der Waals surface area contributed by atoms with Crippen LogP contribution >= 0.6 is 0 Å². The van der Waals surface area contributed by atoms with Crippen molar-refractivity contribution in [2.45, 2.75) is 0 Å². The first-order valence-electron chi connectivity index (χ1n) is 10.6. The summed E-state index contributed by atoms with van der Waals surface area (Å²) in [6, 6.07) is 33.0. The van der Waals surface area contributed by atoms with Crippen LogP contribution in [-0.2, 0) is 0 Å². The molecule has 32 heavy (non-hydrogen) atoms. The van der Waals surface area contributed by atoms with Crippen molar-refractivity contribution >= 4 is 55.7 Å². The maximum Gasteiger partial charge on any atom is 0.151 e. The molecule has 0 spiro atoms. The summed E-state index contributed by atoms with van der Waals surface area (Å²) < 4.78 is 0. The van der Waals surface area contributed by atoms with E-state index in [0.29, 0.717) is 11.1 Å². The summed E-state index contributed by atoms with van der Waals surface area (Å²) in [5.74, 6) is 0. The second-order valence-corrected chi connectivity index (χ2v) is 8.14. The highest BCUT2D eigenvalue weighted by atomic mass is 16.1. The number of aldehydes is 2. The van der Waals surface area contributed by atoms with Crippen LogP contribution in [0.4, 0.5) is 0 Å². The van der Waals surface area contributed by atoms with Crippen molar-refractivity contribution in [1.82, 2.24) is 0 Å². The molecule has 0 aromatic heterocycles. The Balaban J connectivity index is 1.81. The van der Waals surface area contributed by atoms with Crippen LogP contribution in [-0.4, -0.2) is 12.6 Å². The van der Waals surface area contributed by atoms with Crippen molar-refractivity contribution in [2.24, 2.45) is 0 Å². The Morgan fingerprint density at radius 1 is 0.469 bits per heavy atom. The van der Waals surface area contributed by atoms with Crippen LogP contribution in [0.2, 0.25) is 0 Å². The van der Waals surface area contributed by atoms with Crippen molar-refractivity contribution in [1.29, 1.82) is 0 Å². The number of rotatable bonds is 3. The third kappa shape index (κ3) is 2.74. The Morgan fingerprint density at radius 3 is 1.66 bits per heavy atom. The van der Waals surface area contributed by atoms with Crippen LogP contribution in [0.3, 0.4) is 0 Å². The van der Waals surface area contributed by atoms with Crippen molar-refractivity contribution in [3.63, 3.8) is 0 Å². The fourth-order valence-corrected chi connectivity index (χ4v) is 4.83. The van der Waals surface area contributed by atoms with Crippen molar-refractivity contribution in [3.8, 4) is 11.1 Å². The minimum atomic E-state index is 0.413. The molecule has 150 valence electrons. The molecule has 0 saturated carbocycles. The van der Waals surface area contributed by atoms with Gasteiger partial charge in [0.2, 0.25) is 0 Å². The predicted octanol–water partition coefficient (Wildman–Crippen LogP) is 7.59. The first kappa shape index (κ1) is 18.5. The molecule has 0 atom stereocenters. The van der Waals surface area contributed by atoms with E-state index in [1.807, 2.05) is 42.5 Å². The minimum absolute atomic E-state index is 0.413. The van der Waals surface area contributed by atoms with E-state index in [1.165, 1.54) is 5.39 Å². The highest BCUT2D eigenvalue weighted by Gasteiger charge is 2.17. The van der Waals surface area contributed by atoms with Gasteiger partial charge in [-0.3, -0.25) is 9.59 Å². The van der Waals surface area contributed by atoms with Gasteiger partial charge in [-0.2, -0.15) is 0 Å². The molecule has 0 radical (unpaired) electrons. The maximum absolute atomic E-state index is 12.3.